The van der Waals surface area contributed by atoms with Crippen LogP contribution in [0.5, 0.6) is 0 Å². The molecular weight excluding hydrogens is 258 g/mol. The number of hydrogen-bond donors (Lipinski definition) is 1. The highest BCUT2D eigenvalue weighted by atomic mass is 35.5. The number of likely N-dealkylation sites (tertiary alicyclic amines) is 1. The van der Waals surface area contributed by atoms with Crippen molar-refractivity contribution in [1.82, 2.24) is 15.4 Å². The molecule has 2 heterocycles. The normalized spacial score (nSPS) is 16.7. The summed E-state index contributed by atoms with van der Waals surface area (Å²) >= 11 is 5.26. The Kier molecular flexibility index (Phi) is 3.86. The van der Waals surface area contributed by atoms with Gasteiger partial charge >= 0.3 is 5.37 Å². The lowest BCUT2D eigenvalue weighted by Crippen LogP contribution is -2.45. The van der Waals surface area contributed by atoms with Crippen molar-refractivity contribution in [2.75, 3.05) is 13.1 Å². The third-order valence-electron chi connectivity index (χ3n) is 2.95. The van der Waals surface area contributed by atoms with E-state index in [0.717, 1.165) is 0 Å². The highest BCUT2D eigenvalue weighted by Gasteiger charge is 2.25. The fourth-order valence-electron chi connectivity index (χ4n) is 2.02. The smallest absolute Gasteiger partial charge is 0.314 e. The number of halogens is 1. The molecule has 18 heavy (non-hydrogen) atoms. The van der Waals surface area contributed by atoms with Gasteiger partial charge in [-0.2, -0.15) is 0 Å². The minimum absolute atomic E-state index is 0.0399. The lowest BCUT2D eigenvalue weighted by molar-refractivity contribution is 0.0698. The maximum atomic E-state index is 12.0. The quantitative estimate of drug-likeness (QED) is 0.654. The van der Waals surface area contributed by atoms with E-state index in [0.29, 0.717) is 37.4 Å². The van der Waals surface area contributed by atoms with E-state index < -0.39 is 5.37 Å². The molecule has 6 nitrogen and oxygen atoms in total. The van der Waals surface area contributed by atoms with Crippen molar-refractivity contribution in [3.63, 3.8) is 0 Å². The summed E-state index contributed by atoms with van der Waals surface area (Å²) < 4.78 is 4.88. The van der Waals surface area contributed by atoms with E-state index in [1.807, 2.05) is 0 Å². The molecule has 1 aliphatic rings. The van der Waals surface area contributed by atoms with E-state index in [4.69, 9.17) is 16.1 Å². The summed E-state index contributed by atoms with van der Waals surface area (Å²) in [5.41, 5.74) is 0.326. The molecule has 0 unspecified atom stereocenters. The summed E-state index contributed by atoms with van der Waals surface area (Å²) in [6, 6.07) is 1.66. The average Bonchev–Trinajstić information content (AvgIpc) is 2.75. The largest absolute Gasteiger partial charge is 0.361 e. The topological polar surface area (TPSA) is 75.4 Å². The molecule has 0 atom stereocenters. The van der Waals surface area contributed by atoms with Crippen molar-refractivity contribution in [2.45, 2.75) is 25.8 Å². The zero-order valence-corrected chi connectivity index (χ0v) is 10.7. The number of rotatable bonds is 2. The molecular formula is C11H14ClN3O3. The Hall–Kier alpha value is -1.56. The summed E-state index contributed by atoms with van der Waals surface area (Å²) in [5, 5.41) is 5.79. The van der Waals surface area contributed by atoms with E-state index in [2.05, 4.69) is 10.5 Å². The van der Waals surface area contributed by atoms with Gasteiger partial charge < -0.3 is 14.7 Å². The number of piperidine rings is 1. The summed E-state index contributed by atoms with van der Waals surface area (Å²) in [4.78, 5) is 24.4. The molecule has 0 aromatic carbocycles. The molecule has 0 saturated carbocycles. The van der Waals surface area contributed by atoms with E-state index in [1.54, 1.807) is 17.9 Å². The first-order valence-corrected chi connectivity index (χ1v) is 6.12. The molecule has 7 heteroatoms. The molecule has 1 aliphatic heterocycles. The van der Waals surface area contributed by atoms with Gasteiger partial charge in [-0.25, -0.2) is 0 Å². The molecule has 0 spiro atoms. The summed E-state index contributed by atoms with van der Waals surface area (Å²) in [5.74, 6) is 0.477. The minimum Gasteiger partial charge on any atom is -0.361 e. The zero-order valence-electron chi connectivity index (χ0n) is 9.98. The third kappa shape index (κ3) is 3.01. The van der Waals surface area contributed by atoms with Crippen molar-refractivity contribution >= 4 is 22.9 Å². The highest BCUT2D eigenvalue weighted by Crippen LogP contribution is 2.14. The lowest BCUT2D eigenvalue weighted by Gasteiger charge is -2.31. The molecule has 98 valence electrons. The third-order valence-corrected chi connectivity index (χ3v) is 3.06. The van der Waals surface area contributed by atoms with E-state index in [1.165, 1.54) is 0 Å². The van der Waals surface area contributed by atoms with Crippen LogP contribution in [0.4, 0.5) is 4.79 Å². The monoisotopic (exact) mass is 271 g/mol. The first-order valence-electron chi connectivity index (χ1n) is 5.75. The number of nitrogens with one attached hydrogen (secondary N) is 1. The van der Waals surface area contributed by atoms with Crippen LogP contribution in [0.15, 0.2) is 10.6 Å². The van der Waals surface area contributed by atoms with Gasteiger partial charge in [0.2, 0.25) is 0 Å². The molecule has 1 saturated heterocycles. The second-order valence-corrected chi connectivity index (χ2v) is 4.65. The van der Waals surface area contributed by atoms with E-state index in [-0.39, 0.29) is 11.9 Å². The van der Waals surface area contributed by atoms with Gasteiger partial charge in [-0.15, -0.1) is 0 Å². The molecule has 0 aliphatic carbocycles. The van der Waals surface area contributed by atoms with Gasteiger partial charge in [-0.05, 0) is 31.4 Å². The van der Waals surface area contributed by atoms with Crippen molar-refractivity contribution in [2.24, 2.45) is 0 Å². The Morgan fingerprint density at radius 1 is 1.50 bits per heavy atom. The summed E-state index contributed by atoms with van der Waals surface area (Å²) in [6.07, 6.45) is 1.39. The van der Waals surface area contributed by atoms with Crippen molar-refractivity contribution in [3.8, 4) is 0 Å². The van der Waals surface area contributed by atoms with Gasteiger partial charge in [-0.1, -0.05) is 5.16 Å². The number of aromatic nitrogens is 1. The highest BCUT2D eigenvalue weighted by molar-refractivity contribution is 6.62. The number of amides is 2. The first-order chi connectivity index (χ1) is 8.56. The lowest BCUT2D eigenvalue weighted by atomic mass is 10.1. The van der Waals surface area contributed by atoms with Crippen LogP contribution in [0.25, 0.3) is 0 Å². The Balaban J connectivity index is 1.90. The predicted octanol–water partition coefficient (Wildman–Crippen LogP) is 1.54. The Bertz CT molecular complexity index is 452. The van der Waals surface area contributed by atoms with Crippen molar-refractivity contribution < 1.29 is 14.1 Å². The van der Waals surface area contributed by atoms with Crippen LogP contribution >= 0.6 is 11.6 Å². The van der Waals surface area contributed by atoms with Crippen LogP contribution in [0.1, 0.15) is 29.1 Å². The molecule has 2 amide bonds. The van der Waals surface area contributed by atoms with Crippen molar-refractivity contribution in [3.05, 3.63) is 17.5 Å². The van der Waals surface area contributed by atoms with Crippen LogP contribution in [0.2, 0.25) is 0 Å². The minimum atomic E-state index is -0.549. The van der Waals surface area contributed by atoms with E-state index >= 15 is 0 Å². The van der Waals surface area contributed by atoms with Gasteiger partial charge in [0.1, 0.15) is 5.76 Å². The number of carbonyl (C=O) groups excluding carboxylic acids is 2. The van der Waals surface area contributed by atoms with Gasteiger partial charge in [0, 0.05) is 25.2 Å². The van der Waals surface area contributed by atoms with Gasteiger partial charge in [0.05, 0.1) is 0 Å². The number of hydrogen-bond acceptors (Lipinski definition) is 4. The molecule has 1 fully saturated rings. The average molecular weight is 272 g/mol. The molecule has 0 radical (unpaired) electrons. The SMILES string of the molecule is Cc1cc(C(=O)N2CCC(NC(=O)Cl)CC2)no1. The standard InChI is InChI=1S/C11H14ClN3O3/c1-7-6-9(14-18-7)10(16)15-4-2-8(3-5-15)13-11(12)17/h6,8H,2-5H2,1H3,(H,13,17). The van der Waals surface area contributed by atoms with Crippen molar-refractivity contribution in [1.29, 1.82) is 0 Å². The second-order valence-electron chi connectivity index (χ2n) is 4.31. The summed E-state index contributed by atoms with van der Waals surface area (Å²) in [6.45, 7) is 2.89. The van der Waals surface area contributed by atoms with Gasteiger partial charge in [-0.3, -0.25) is 9.59 Å². The Morgan fingerprint density at radius 3 is 2.67 bits per heavy atom. The fourth-order valence-corrected chi connectivity index (χ4v) is 2.17. The second kappa shape index (κ2) is 5.39. The molecule has 1 aromatic rings. The maximum Gasteiger partial charge on any atom is 0.314 e. The number of aryl methyl sites for hydroxylation is 1. The fraction of sp³-hybridized carbons (Fsp3) is 0.545. The maximum absolute atomic E-state index is 12.0. The van der Waals surface area contributed by atoms with Crippen LogP contribution in [-0.4, -0.2) is 40.5 Å². The number of nitrogens with zero attached hydrogens (tertiary/aromatic N) is 2. The number of carbonyl (C=O) groups is 2. The summed E-state index contributed by atoms with van der Waals surface area (Å²) in [7, 11) is 0. The molecule has 1 N–H and O–H groups in total. The van der Waals surface area contributed by atoms with Crippen LogP contribution in [0.3, 0.4) is 0 Å². The molecule has 0 bridgehead atoms. The predicted molar refractivity (Wildman–Crippen MR) is 64.6 cm³/mol. The van der Waals surface area contributed by atoms with Gasteiger partial charge in [0.15, 0.2) is 5.69 Å². The Morgan fingerprint density at radius 2 is 2.17 bits per heavy atom. The first kappa shape index (κ1) is 12.9. The van der Waals surface area contributed by atoms with Crippen LogP contribution in [-0.2, 0) is 0 Å². The Labute approximate surface area is 109 Å². The molecule has 1 aromatic heterocycles. The zero-order chi connectivity index (χ0) is 13.1. The van der Waals surface area contributed by atoms with E-state index in [9.17, 15) is 9.59 Å². The molecule has 2 rings (SSSR count). The van der Waals surface area contributed by atoms with Crippen LogP contribution in [0, 0.1) is 6.92 Å². The van der Waals surface area contributed by atoms with Gasteiger partial charge in [0.25, 0.3) is 5.91 Å². The van der Waals surface area contributed by atoms with Crippen LogP contribution < -0.4 is 5.32 Å².